The van der Waals surface area contributed by atoms with Gasteiger partial charge in [-0.3, -0.25) is 4.79 Å². The molecule has 1 aromatic rings. The Morgan fingerprint density at radius 1 is 1.04 bits per heavy atom. The number of carbonyl (C=O) groups is 1. The predicted molar refractivity (Wildman–Crippen MR) is 112 cm³/mol. The highest BCUT2D eigenvalue weighted by Gasteiger charge is 2.38. The number of piperidine rings is 1. The van der Waals surface area contributed by atoms with Gasteiger partial charge in [0, 0.05) is 43.5 Å². The summed E-state index contributed by atoms with van der Waals surface area (Å²) in [6, 6.07) is 0.186. The van der Waals surface area contributed by atoms with Crippen molar-refractivity contribution in [1.82, 2.24) is 14.9 Å². The SMILES string of the molecule is Cc1nc(C(=O)N2CCCC3(CCCCCC3)C2)nc(N2CC[C@@H](N)C2)c1C. The summed E-state index contributed by atoms with van der Waals surface area (Å²) in [5.74, 6) is 1.27. The van der Waals surface area contributed by atoms with Crippen LogP contribution in [0.1, 0.15) is 79.7 Å². The number of aromatic nitrogens is 2. The fraction of sp³-hybridized carbons (Fsp3) is 0.773. The average Bonchev–Trinajstić information content (AvgIpc) is 3.00. The molecule has 1 spiro atoms. The second-order valence-electron chi connectivity index (χ2n) is 9.32. The van der Waals surface area contributed by atoms with Crippen molar-refractivity contribution >= 4 is 11.7 Å². The Morgan fingerprint density at radius 3 is 2.43 bits per heavy atom. The molecule has 1 saturated carbocycles. The second kappa shape index (κ2) is 7.97. The summed E-state index contributed by atoms with van der Waals surface area (Å²) in [5.41, 5.74) is 8.38. The number of amides is 1. The molecule has 1 atom stereocenters. The maximum absolute atomic E-state index is 13.4. The van der Waals surface area contributed by atoms with Crippen molar-refractivity contribution in [3.8, 4) is 0 Å². The van der Waals surface area contributed by atoms with E-state index < -0.39 is 0 Å². The molecule has 28 heavy (non-hydrogen) atoms. The van der Waals surface area contributed by atoms with Gasteiger partial charge in [-0.2, -0.15) is 0 Å². The zero-order chi connectivity index (χ0) is 19.7. The smallest absolute Gasteiger partial charge is 0.291 e. The van der Waals surface area contributed by atoms with E-state index in [1.807, 2.05) is 18.7 Å². The molecule has 2 N–H and O–H groups in total. The van der Waals surface area contributed by atoms with E-state index in [4.69, 9.17) is 10.7 Å². The molecule has 0 radical (unpaired) electrons. The van der Waals surface area contributed by atoms with Gasteiger partial charge in [0.1, 0.15) is 5.82 Å². The molecule has 1 aliphatic carbocycles. The fourth-order valence-corrected chi connectivity index (χ4v) is 5.41. The zero-order valence-electron chi connectivity index (χ0n) is 17.5. The first-order valence-corrected chi connectivity index (χ1v) is 11.1. The number of rotatable bonds is 2. The van der Waals surface area contributed by atoms with Gasteiger partial charge >= 0.3 is 0 Å². The van der Waals surface area contributed by atoms with Gasteiger partial charge in [0.05, 0.1) is 0 Å². The topological polar surface area (TPSA) is 75.4 Å². The van der Waals surface area contributed by atoms with E-state index in [9.17, 15) is 4.79 Å². The van der Waals surface area contributed by atoms with Crippen LogP contribution in [0.5, 0.6) is 0 Å². The van der Waals surface area contributed by atoms with Gasteiger partial charge in [-0.15, -0.1) is 0 Å². The zero-order valence-corrected chi connectivity index (χ0v) is 17.5. The van der Waals surface area contributed by atoms with Gasteiger partial charge in [0.2, 0.25) is 5.82 Å². The van der Waals surface area contributed by atoms with Gasteiger partial charge in [0.25, 0.3) is 5.91 Å². The van der Waals surface area contributed by atoms with Crippen molar-refractivity contribution in [1.29, 1.82) is 0 Å². The number of hydrogen-bond donors (Lipinski definition) is 1. The Labute approximate surface area is 168 Å². The van der Waals surface area contributed by atoms with Crippen LogP contribution in [0.15, 0.2) is 0 Å². The van der Waals surface area contributed by atoms with Crippen LogP contribution in [0.4, 0.5) is 5.82 Å². The van der Waals surface area contributed by atoms with Crippen LogP contribution in [0.3, 0.4) is 0 Å². The van der Waals surface area contributed by atoms with Crippen molar-refractivity contribution in [2.24, 2.45) is 11.1 Å². The minimum atomic E-state index is 0.0103. The molecular weight excluding hydrogens is 350 g/mol. The minimum absolute atomic E-state index is 0.0103. The van der Waals surface area contributed by atoms with Crippen molar-refractivity contribution < 1.29 is 4.79 Å². The third-order valence-corrected chi connectivity index (χ3v) is 7.19. The summed E-state index contributed by atoms with van der Waals surface area (Å²) in [4.78, 5) is 27.0. The van der Waals surface area contributed by atoms with Gasteiger partial charge in [0.15, 0.2) is 0 Å². The number of aryl methyl sites for hydroxylation is 1. The van der Waals surface area contributed by atoms with E-state index in [-0.39, 0.29) is 11.9 Å². The number of anilines is 1. The van der Waals surface area contributed by atoms with Crippen LogP contribution in [0.2, 0.25) is 0 Å². The number of likely N-dealkylation sites (tertiary alicyclic amines) is 1. The molecule has 1 amide bonds. The van der Waals surface area contributed by atoms with E-state index in [0.717, 1.165) is 56.1 Å². The lowest BCUT2D eigenvalue weighted by Crippen LogP contribution is -2.46. The molecule has 6 heteroatoms. The second-order valence-corrected chi connectivity index (χ2v) is 9.32. The lowest BCUT2D eigenvalue weighted by Gasteiger charge is -2.42. The molecule has 0 unspecified atom stereocenters. The maximum atomic E-state index is 13.4. The highest BCUT2D eigenvalue weighted by atomic mass is 16.2. The fourth-order valence-electron chi connectivity index (χ4n) is 5.41. The monoisotopic (exact) mass is 385 g/mol. The van der Waals surface area contributed by atoms with E-state index in [1.165, 1.54) is 44.9 Å². The van der Waals surface area contributed by atoms with Gasteiger partial charge in [-0.1, -0.05) is 25.7 Å². The summed E-state index contributed by atoms with van der Waals surface area (Å²) >= 11 is 0. The molecule has 154 valence electrons. The summed E-state index contributed by atoms with van der Waals surface area (Å²) < 4.78 is 0. The summed E-state index contributed by atoms with van der Waals surface area (Å²) in [6.07, 6.45) is 11.2. The van der Waals surface area contributed by atoms with E-state index in [0.29, 0.717) is 11.2 Å². The number of nitrogens with zero attached hydrogens (tertiary/aromatic N) is 4. The largest absolute Gasteiger partial charge is 0.355 e. The van der Waals surface area contributed by atoms with Crippen molar-refractivity contribution in [3.05, 3.63) is 17.1 Å². The van der Waals surface area contributed by atoms with Gasteiger partial charge in [-0.25, -0.2) is 9.97 Å². The number of hydrogen-bond acceptors (Lipinski definition) is 5. The molecular formula is C22H35N5O. The van der Waals surface area contributed by atoms with Crippen LogP contribution in [0.25, 0.3) is 0 Å². The van der Waals surface area contributed by atoms with Gasteiger partial charge < -0.3 is 15.5 Å². The molecule has 3 aliphatic rings. The predicted octanol–water partition coefficient (Wildman–Crippen LogP) is 3.21. The highest BCUT2D eigenvalue weighted by molar-refractivity contribution is 5.91. The Kier molecular flexibility index (Phi) is 5.59. The van der Waals surface area contributed by atoms with E-state index >= 15 is 0 Å². The molecule has 6 nitrogen and oxygen atoms in total. The first-order chi connectivity index (χ1) is 13.5. The molecule has 1 aromatic heterocycles. The standard InChI is InChI=1S/C22H35N5O/c1-16-17(2)24-19(25-20(16)26-13-8-18(23)14-26)21(28)27-12-7-11-22(15-27)9-5-3-4-6-10-22/h18H,3-15,23H2,1-2H3/t18-/m1/s1. The summed E-state index contributed by atoms with van der Waals surface area (Å²) in [7, 11) is 0. The van der Waals surface area contributed by atoms with Crippen LogP contribution in [-0.2, 0) is 0 Å². The van der Waals surface area contributed by atoms with Crippen LogP contribution in [-0.4, -0.2) is 53.0 Å². The Balaban J connectivity index is 1.56. The number of carbonyl (C=O) groups excluding carboxylic acids is 1. The molecule has 3 fully saturated rings. The normalized spacial score (nSPS) is 25.2. The molecule has 2 saturated heterocycles. The third-order valence-electron chi connectivity index (χ3n) is 7.19. The Hall–Kier alpha value is -1.69. The maximum Gasteiger partial charge on any atom is 0.291 e. The molecule has 4 rings (SSSR count). The lowest BCUT2D eigenvalue weighted by atomic mass is 9.74. The molecule has 0 bridgehead atoms. The van der Waals surface area contributed by atoms with Crippen molar-refractivity contribution in [2.45, 2.75) is 77.7 Å². The van der Waals surface area contributed by atoms with Crippen molar-refractivity contribution in [2.75, 3.05) is 31.1 Å². The quantitative estimate of drug-likeness (QED) is 0.846. The highest BCUT2D eigenvalue weighted by Crippen LogP contribution is 2.42. The summed E-state index contributed by atoms with van der Waals surface area (Å²) in [6.45, 7) is 7.45. The van der Waals surface area contributed by atoms with Crippen LogP contribution in [0, 0.1) is 19.3 Å². The lowest BCUT2D eigenvalue weighted by molar-refractivity contribution is 0.0454. The van der Waals surface area contributed by atoms with E-state index in [1.54, 1.807) is 0 Å². The average molecular weight is 386 g/mol. The van der Waals surface area contributed by atoms with Crippen LogP contribution >= 0.6 is 0 Å². The van der Waals surface area contributed by atoms with E-state index in [2.05, 4.69) is 9.88 Å². The number of nitrogens with two attached hydrogens (primary N) is 1. The third kappa shape index (κ3) is 3.88. The first-order valence-electron chi connectivity index (χ1n) is 11.1. The molecule has 0 aromatic carbocycles. The molecule has 2 aliphatic heterocycles. The minimum Gasteiger partial charge on any atom is -0.355 e. The molecule has 3 heterocycles. The van der Waals surface area contributed by atoms with Crippen molar-refractivity contribution in [3.63, 3.8) is 0 Å². The van der Waals surface area contributed by atoms with Crippen LogP contribution < -0.4 is 10.6 Å². The Bertz CT molecular complexity index is 726. The summed E-state index contributed by atoms with van der Waals surface area (Å²) in [5, 5.41) is 0. The van der Waals surface area contributed by atoms with Gasteiger partial charge in [-0.05, 0) is 51.4 Å². The Morgan fingerprint density at radius 2 is 1.75 bits per heavy atom. The first kappa shape index (κ1) is 19.6.